The Morgan fingerprint density at radius 1 is 1.17 bits per heavy atom. The predicted octanol–water partition coefficient (Wildman–Crippen LogP) is 3.18. The number of rotatable bonds is 4. The van der Waals surface area contributed by atoms with Crippen molar-refractivity contribution >= 4 is 17.5 Å². The molecule has 2 fully saturated rings. The Labute approximate surface area is 170 Å². The van der Waals surface area contributed by atoms with E-state index in [0.29, 0.717) is 32.4 Å². The number of morpholine rings is 1. The number of hydrogen-bond acceptors (Lipinski definition) is 3. The SMILES string of the molecule is C[C@@]12CN(C(=O)CCc3ccc(F)cc3)CC[C@H]1N(c1ccccc1)C(=O)CO2. The zero-order chi connectivity index (χ0) is 20.4. The van der Waals surface area contributed by atoms with Crippen LogP contribution in [0.4, 0.5) is 10.1 Å². The Morgan fingerprint density at radius 2 is 1.90 bits per heavy atom. The minimum atomic E-state index is -0.604. The fourth-order valence-corrected chi connectivity index (χ4v) is 4.35. The van der Waals surface area contributed by atoms with Gasteiger partial charge in [0, 0.05) is 18.7 Å². The van der Waals surface area contributed by atoms with Crippen LogP contribution in [0.2, 0.25) is 0 Å². The molecule has 2 amide bonds. The van der Waals surface area contributed by atoms with Crippen LogP contribution in [-0.4, -0.2) is 48.1 Å². The lowest BCUT2D eigenvalue weighted by atomic mass is 9.85. The van der Waals surface area contributed by atoms with Gasteiger partial charge in [0.05, 0.1) is 12.6 Å². The van der Waals surface area contributed by atoms with Gasteiger partial charge in [0.15, 0.2) is 0 Å². The maximum Gasteiger partial charge on any atom is 0.253 e. The number of fused-ring (bicyclic) bond motifs is 1. The van der Waals surface area contributed by atoms with Gasteiger partial charge in [0.1, 0.15) is 18.0 Å². The van der Waals surface area contributed by atoms with Crippen molar-refractivity contribution < 1.29 is 18.7 Å². The lowest BCUT2D eigenvalue weighted by Crippen LogP contribution is -2.68. The van der Waals surface area contributed by atoms with Crippen molar-refractivity contribution in [2.45, 2.75) is 37.8 Å². The highest BCUT2D eigenvalue weighted by molar-refractivity contribution is 5.96. The number of nitrogens with zero attached hydrogens (tertiary/aromatic N) is 2. The number of likely N-dealkylation sites (tertiary alicyclic amines) is 1. The van der Waals surface area contributed by atoms with Gasteiger partial charge in [-0.3, -0.25) is 9.59 Å². The minimum absolute atomic E-state index is 0.0134. The molecule has 2 atom stereocenters. The number of halogens is 1. The Balaban J connectivity index is 1.44. The monoisotopic (exact) mass is 396 g/mol. The number of aryl methyl sites for hydroxylation is 1. The van der Waals surface area contributed by atoms with Crippen molar-refractivity contribution in [1.29, 1.82) is 0 Å². The number of amides is 2. The van der Waals surface area contributed by atoms with Crippen molar-refractivity contribution in [3.63, 3.8) is 0 Å². The third-order valence-corrected chi connectivity index (χ3v) is 5.92. The zero-order valence-corrected chi connectivity index (χ0v) is 16.5. The Hall–Kier alpha value is -2.73. The van der Waals surface area contributed by atoms with Crippen molar-refractivity contribution in [3.05, 3.63) is 66.0 Å². The Morgan fingerprint density at radius 3 is 2.62 bits per heavy atom. The highest BCUT2D eigenvalue weighted by Gasteiger charge is 2.50. The topological polar surface area (TPSA) is 49.9 Å². The third kappa shape index (κ3) is 4.03. The van der Waals surface area contributed by atoms with Crippen LogP contribution in [0.15, 0.2) is 54.6 Å². The van der Waals surface area contributed by atoms with Gasteiger partial charge < -0.3 is 14.5 Å². The second-order valence-corrected chi connectivity index (χ2v) is 7.95. The summed E-state index contributed by atoms with van der Waals surface area (Å²) >= 11 is 0. The number of hydrogen-bond donors (Lipinski definition) is 0. The molecular weight excluding hydrogens is 371 g/mol. The van der Waals surface area contributed by atoms with Crippen LogP contribution in [-0.2, 0) is 20.7 Å². The second kappa shape index (κ2) is 7.95. The number of carbonyl (C=O) groups excluding carboxylic acids is 2. The molecule has 0 spiro atoms. The summed E-state index contributed by atoms with van der Waals surface area (Å²) in [4.78, 5) is 29.0. The molecule has 0 aromatic heterocycles. The van der Waals surface area contributed by atoms with E-state index in [1.165, 1.54) is 12.1 Å². The molecule has 0 radical (unpaired) electrons. The highest BCUT2D eigenvalue weighted by Crippen LogP contribution is 2.36. The van der Waals surface area contributed by atoms with E-state index in [2.05, 4.69) is 0 Å². The van der Waals surface area contributed by atoms with E-state index in [9.17, 15) is 14.0 Å². The summed E-state index contributed by atoms with van der Waals surface area (Å²) in [5.74, 6) is -0.266. The first kappa shape index (κ1) is 19.6. The standard InChI is InChI=1S/C23H25FN2O3/c1-23-16-25(21(27)12-9-17-7-10-18(24)11-8-17)14-13-20(23)26(22(28)15-29-23)19-5-3-2-4-6-19/h2-8,10-11,20H,9,12-16H2,1H3/t20-,23-/m1/s1. The second-order valence-electron chi connectivity index (χ2n) is 7.95. The summed E-state index contributed by atoms with van der Waals surface area (Å²) < 4.78 is 19.0. The molecule has 5 nitrogen and oxygen atoms in total. The average molecular weight is 396 g/mol. The van der Waals surface area contributed by atoms with E-state index in [1.54, 1.807) is 12.1 Å². The van der Waals surface area contributed by atoms with Gasteiger partial charge in [-0.15, -0.1) is 0 Å². The Kier molecular flexibility index (Phi) is 5.37. The van der Waals surface area contributed by atoms with E-state index >= 15 is 0 Å². The van der Waals surface area contributed by atoms with Gasteiger partial charge in [0.2, 0.25) is 5.91 Å². The first-order chi connectivity index (χ1) is 14.0. The van der Waals surface area contributed by atoms with Gasteiger partial charge in [-0.25, -0.2) is 4.39 Å². The summed E-state index contributed by atoms with van der Waals surface area (Å²) in [5.41, 5.74) is 1.21. The van der Waals surface area contributed by atoms with Crippen molar-refractivity contribution in [2.75, 3.05) is 24.6 Å². The molecule has 2 aromatic rings. The molecule has 2 aliphatic rings. The molecule has 152 valence electrons. The zero-order valence-electron chi connectivity index (χ0n) is 16.5. The van der Waals surface area contributed by atoms with Crippen LogP contribution in [0.5, 0.6) is 0 Å². The van der Waals surface area contributed by atoms with E-state index in [1.807, 2.05) is 47.1 Å². The number of carbonyl (C=O) groups is 2. The van der Waals surface area contributed by atoms with Gasteiger partial charge in [-0.1, -0.05) is 30.3 Å². The van der Waals surface area contributed by atoms with Crippen LogP contribution >= 0.6 is 0 Å². The van der Waals surface area contributed by atoms with E-state index in [4.69, 9.17) is 4.74 Å². The molecule has 2 saturated heterocycles. The minimum Gasteiger partial charge on any atom is -0.361 e. The molecule has 0 N–H and O–H groups in total. The summed E-state index contributed by atoms with van der Waals surface area (Å²) in [6.07, 6.45) is 1.61. The van der Waals surface area contributed by atoms with Crippen LogP contribution in [0.25, 0.3) is 0 Å². The third-order valence-electron chi connectivity index (χ3n) is 5.92. The average Bonchev–Trinajstić information content (AvgIpc) is 2.73. The Bertz CT molecular complexity index is 887. The summed E-state index contributed by atoms with van der Waals surface area (Å²) in [7, 11) is 0. The molecule has 4 rings (SSSR count). The number of ether oxygens (including phenoxy) is 1. The predicted molar refractivity (Wildman–Crippen MR) is 108 cm³/mol. The largest absolute Gasteiger partial charge is 0.361 e. The molecule has 6 heteroatoms. The van der Waals surface area contributed by atoms with Crippen LogP contribution in [0.1, 0.15) is 25.3 Å². The molecule has 0 unspecified atom stereocenters. The fraction of sp³-hybridized carbons (Fsp3) is 0.391. The van der Waals surface area contributed by atoms with E-state index < -0.39 is 5.60 Å². The van der Waals surface area contributed by atoms with E-state index in [0.717, 1.165) is 11.3 Å². The van der Waals surface area contributed by atoms with E-state index in [-0.39, 0.29) is 30.3 Å². The molecule has 2 aromatic carbocycles. The smallest absolute Gasteiger partial charge is 0.253 e. The molecule has 2 heterocycles. The molecule has 29 heavy (non-hydrogen) atoms. The lowest BCUT2D eigenvalue weighted by Gasteiger charge is -2.52. The molecular formula is C23H25FN2O3. The summed E-state index contributed by atoms with van der Waals surface area (Å²) in [6, 6.07) is 15.8. The van der Waals surface area contributed by atoms with Crippen LogP contribution < -0.4 is 4.90 Å². The van der Waals surface area contributed by atoms with Gasteiger partial charge in [-0.05, 0) is 49.6 Å². The molecule has 0 saturated carbocycles. The highest BCUT2D eigenvalue weighted by atomic mass is 19.1. The van der Waals surface area contributed by atoms with Crippen LogP contribution in [0, 0.1) is 5.82 Å². The lowest BCUT2D eigenvalue weighted by molar-refractivity contribution is -0.158. The van der Waals surface area contributed by atoms with Gasteiger partial charge >= 0.3 is 0 Å². The fourth-order valence-electron chi connectivity index (χ4n) is 4.35. The maximum atomic E-state index is 13.0. The van der Waals surface area contributed by atoms with Gasteiger partial charge in [0.25, 0.3) is 5.91 Å². The quantitative estimate of drug-likeness (QED) is 0.798. The number of piperidine rings is 1. The molecule has 0 bridgehead atoms. The van der Waals surface area contributed by atoms with Crippen molar-refractivity contribution in [2.24, 2.45) is 0 Å². The first-order valence-corrected chi connectivity index (χ1v) is 9.99. The van der Waals surface area contributed by atoms with Crippen LogP contribution in [0.3, 0.4) is 0 Å². The first-order valence-electron chi connectivity index (χ1n) is 9.99. The van der Waals surface area contributed by atoms with Crippen molar-refractivity contribution in [1.82, 2.24) is 4.90 Å². The normalized spacial score (nSPS) is 24.3. The molecule has 2 aliphatic heterocycles. The molecule has 0 aliphatic carbocycles. The van der Waals surface area contributed by atoms with Gasteiger partial charge in [-0.2, -0.15) is 0 Å². The number of benzene rings is 2. The number of anilines is 1. The number of para-hydroxylation sites is 1. The summed E-state index contributed by atoms with van der Waals surface area (Å²) in [6.45, 7) is 3.04. The van der Waals surface area contributed by atoms with Crippen molar-refractivity contribution in [3.8, 4) is 0 Å². The maximum absolute atomic E-state index is 13.0. The summed E-state index contributed by atoms with van der Waals surface area (Å²) in [5, 5.41) is 0.